The maximum absolute atomic E-state index is 13.3. The summed E-state index contributed by atoms with van der Waals surface area (Å²) >= 11 is 0. The molecule has 0 aromatic carbocycles. The van der Waals surface area contributed by atoms with Crippen LogP contribution in [0.1, 0.15) is 72.6 Å². The van der Waals surface area contributed by atoms with Gasteiger partial charge < -0.3 is 9.47 Å². The molecule has 0 radical (unpaired) electrons. The zero-order valence-electron chi connectivity index (χ0n) is 18.9. The minimum atomic E-state index is -1.34. The van der Waals surface area contributed by atoms with E-state index in [-0.39, 0.29) is 23.4 Å². The van der Waals surface area contributed by atoms with E-state index in [1.54, 1.807) is 0 Å². The van der Waals surface area contributed by atoms with Crippen molar-refractivity contribution < 1.29 is 28.7 Å². The van der Waals surface area contributed by atoms with Crippen molar-refractivity contribution in [3.05, 3.63) is 11.6 Å². The van der Waals surface area contributed by atoms with Crippen molar-refractivity contribution in [2.75, 3.05) is 6.61 Å². The van der Waals surface area contributed by atoms with E-state index in [1.165, 1.54) is 13.8 Å². The molecule has 0 aromatic heterocycles. The fourth-order valence-corrected chi connectivity index (χ4v) is 6.45. The molecule has 0 saturated heterocycles. The summed E-state index contributed by atoms with van der Waals surface area (Å²) in [6.45, 7) is 6.13. The van der Waals surface area contributed by atoms with Crippen LogP contribution >= 0.6 is 0 Å². The van der Waals surface area contributed by atoms with E-state index in [0.717, 1.165) is 12.0 Å². The molecule has 0 aromatic rings. The van der Waals surface area contributed by atoms with E-state index in [4.69, 9.17) is 15.9 Å². The molecule has 0 amide bonds. The lowest BCUT2D eigenvalue weighted by Gasteiger charge is -2.53. The van der Waals surface area contributed by atoms with Gasteiger partial charge in [0, 0.05) is 37.5 Å². The number of carbonyl (C=O) groups excluding carboxylic acids is 4. The highest BCUT2D eigenvalue weighted by Crippen LogP contribution is 2.64. The third kappa shape index (κ3) is 3.62. The minimum absolute atomic E-state index is 0.0892. The molecule has 0 heterocycles. The summed E-state index contributed by atoms with van der Waals surface area (Å²) in [4.78, 5) is 49.5. The van der Waals surface area contributed by atoms with E-state index in [2.05, 4.69) is 12.0 Å². The Balaban J connectivity index is 2.02. The SMILES string of the molecule is C#CCC[C@@]1(C)C(=O)CC[C@@H]2C1=CC[C@@]1(C)[C@H]2CC[C@]1(OC(C)=O)C(=O)COC(C)=O. The maximum atomic E-state index is 13.3. The summed E-state index contributed by atoms with van der Waals surface area (Å²) in [5.41, 5.74) is -1.41. The van der Waals surface area contributed by atoms with Gasteiger partial charge in [0.05, 0.1) is 0 Å². The first-order valence-corrected chi connectivity index (χ1v) is 11.1. The minimum Gasteiger partial charge on any atom is -0.458 e. The molecule has 0 unspecified atom stereocenters. The summed E-state index contributed by atoms with van der Waals surface area (Å²) in [6, 6.07) is 0. The molecule has 5 atom stereocenters. The molecule has 6 heteroatoms. The van der Waals surface area contributed by atoms with Gasteiger partial charge >= 0.3 is 11.9 Å². The number of rotatable bonds is 6. The lowest BCUT2D eigenvalue weighted by atomic mass is 9.52. The topological polar surface area (TPSA) is 86.7 Å². The van der Waals surface area contributed by atoms with Crippen LogP contribution in [-0.2, 0) is 28.7 Å². The van der Waals surface area contributed by atoms with Crippen molar-refractivity contribution in [1.29, 1.82) is 0 Å². The largest absolute Gasteiger partial charge is 0.458 e. The maximum Gasteiger partial charge on any atom is 0.303 e. The number of hydrogen-bond donors (Lipinski definition) is 0. The predicted molar refractivity (Wildman–Crippen MR) is 114 cm³/mol. The molecule has 3 aliphatic carbocycles. The Kier molecular flexibility index (Phi) is 6.19. The Morgan fingerprint density at radius 3 is 2.52 bits per heavy atom. The van der Waals surface area contributed by atoms with E-state index < -0.39 is 35.0 Å². The van der Waals surface area contributed by atoms with Crippen LogP contribution in [0, 0.1) is 35.0 Å². The van der Waals surface area contributed by atoms with Gasteiger partial charge in [-0.2, -0.15) is 0 Å². The zero-order chi connectivity index (χ0) is 23.0. The van der Waals surface area contributed by atoms with E-state index in [0.29, 0.717) is 38.5 Å². The number of hydrogen-bond acceptors (Lipinski definition) is 6. The highest BCUT2D eigenvalue weighted by molar-refractivity contribution is 5.93. The standard InChI is InChI=1S/C25H32O6/c1-6-7-12-23(4)19-10-13-24(5)20(18(19)8-9-21(23)28)11-14-25(24,31-17(3)27)22(29)15-30-16(2)26/h1,10,18,20H,7-9,11-15H2,2-5H3/t18-,20+,23-,24+,25+/m1/s1. The Labute approximate surface area is 184 Å². The highest BCUT2D eigenvalue weighted by atomic mass is 16.6. The zero-order valence-corrected chi connectivity index (χ0v) is 18.9. The molecular formula is C25H32O6. The molecule has 168 valence electrons. The molecule has 0 N–H and O–H groups in total. The average molecular weight is 429 g/mol. The highest BCUT2D eigenvalue weighted by Gasteiger charge is 2.67. The first-order chi connectivity index (χ1) is 14.5. The van der Waals surface area contributed by atoms with Gasteiger partial charge in [-0.25, -0.2) is 0 Å². The van der Waals surface area contributed by atoms with Gasteiger partial charge in [0.15, 0.2) is 12.2 Å². The van der Waals surface area contributed by atoms with Crippen molar-refractivity contribution in [2.45, 2.75) is 78.2 Å². The van der Waals surface area contributed by atoms with Crippen LogP contribution in [0.5, 0.6) is 0 Å². The van der Waals surface area contributed by atoms with Gasteiger partial charge in [0.25, 0.3) is 0 Å². The predicted octanol–water partition coefficient (Wildman–Crippen LogP) is 3.57. The molecule has 3 rings (SSSR count). The van der Waals surface area contributed by atoms with E-state index >= 15 is 0 Å². The molecule has 0 aliphatic heterocycles. The Morgan fingerprint density at radius 1 is 1.19 bits per heavy atom. The van der Waals surface area contributed by atoms with E-state index in [9.17, 15) is 19.2 Å². The van der Waals surface area contributed by atoms with Gasteiger partial charge in [-0.3, -0.25) is 19.2 Å². The van der Waals surface area contributed by atoms with Crippen molar-refractivity contribution in [3.63, 3.8) is 0 Å². The molecule has 31 heavy (non-hydrogen) atoms. The summed E-state index contributed by atoms with van der Waals surface area (Å²) in [5.74, 6) is 1.67. The first kappa shape index (κ1) is 23.2. The smallest absolute Gasteiger partial charge is 0.303 e. The normalized spacial score (nSPS) is 36.5. The van der Waals surface area contributed by atoms with Gasteiger partial charge in [-0.15, -0.1) is 12.3 Å². The third-order valence-electron chi connectivity index (χ3n) is 8.06. The molecule has 6 nitrogen and oxygen atoms in total. The van der Waals surface area contributed by atoms with Gasteiger partial charge in [-0.05, 0) is 50.9 Å². The third-order valence-corrected chi connectivity index (χ3v) is 8.06. The van der Waals surface area contributed by atoms with Crippen molar-refractivity contribution in [2.24, 2.45) is 22.7 Å². The average Bonchev–Trinajstić information content (AvgIpc) is 3.00. The Hall–Kier alpha value is -2.42. The quantitative estimate of drug-likeness (QED) is 0.365. The second-order valence-electron chi connectivity index (χ2n) is 9.65. The fourth-order valence-electron chi connectivity index (χ4n) is 6.45. The van der Waals surface area contributed by atoms with Crippen molar-refractivity contribution in [3.8, 4) is 12.3 Å². The molecular weight excluding hydrogens is 396 g/mol. The number of allylic oxidation sites excluding steroid dienone is 2. The van der Waals surface area contributed by atoms with Crippen LogP contribution in [0.3, 0.4) is 0 Å². The summed E-state index contributed by atoms with van der Waals surface area (Å²) in [6.07, 6.45) is 11.6. The second-order valence-corrected chi connectivity index (χ2v) is 9.65. The molecule has 2 saturated carbocycles. The number of terminal acetylenes is 1. The van der Waals surface area contributed by atoms with Gasteiger partial charge in [0.1, 0.15) is 5.78 Å². The van der Waals surface area contributed by atoms with Crippen LogP contribution in [0.2, 0.25) is 0 Å². The Morgan fingerprint density at radius 2 is 1.90 bits per heavy atom. The molecule has 3 aliphatic rings. The monoisotopic (exact) mass is 428 g/mol. The van der Waals surface area contributed by atoms with Crippen molar-refractivity contribution in [1.82, 2.24) is 0 Å². The van der Waals surface area contributed by atoms with Crippen LogP contribution in [0.25, 0.3) is 0 Å². The molecule has 2 fully saturated rings. The fraction of sp³-hybridized carbons (Fsp3) is 0.680. The van der Waals surface area contributed by atoms with Crippen LogP contribution in [0.4, 0.5) is 0 Å². The number of ether oxygens (including phenoxy) is 2. The number of carbonyl (C=O) groups is 4. The lowest BCUT2D eigenvalue weighted by molar-refractivity contribution is -0.184. The summed E-state index contributed by atoms with van der Waals surface area (Å²) in [7, 11) is 0. The summed E-state index contributed by atoms with van der Waals surface area (Å²) < 4.78 is 10.8. The van der Waals surface area contributed by atoms with Gasteiger partial charge in [0.2, 0.25) is 5.78 Å². The number of esters is 2. The number of Topliss-reactive ketones (excluding diaryl/α,β-unsaturated/α-hetero) is 2. The number of ketones is 2. The van der Waals surface area contributed by atoms with Crippen LogP contribution in [0.15, 0.2) is 11.6 Å². The first-order valence-electron chi connectivity index (χ1n) is 11.1. The molecule has 0 spiro atoms. The van der Waals surface area contributed by atoms with Crippen LogP contribution in [-0.4, -0.2) is 35.7 Å². The Bertz CT molecular complexity index is 879. The second kappa shape index (κ2) is 8.26. The molecule has 0 bridgehead atoms. The lowest BCUT2D eigenvalue weighted by Crippen LogP contribution is -2.58. The van der Waals surface area contributed by atoms with Crippen molar-refractivity contribution >= 4 is 23.5 Å². The van der Waals surface area contributed by atoms with E-state index in [1.807, 2.05) is 13.8 Å². The van der Waals surface area contributed by atoms with Gasteiger partial charge in [-0.1, -0.05) is 18.6 Å². The van der Waals surface area contributed by atoms with Crippen LogP contribution < -0.4 is 0 Å². The summed E-state index contributed by atoms with van der Waals surface area (Å²) in [5, 5.41) is 0. The number of fused-ring (bicyclic) bond motifs is 3.